The molecule has 4 heteroatoms. The van der Waals surface area contributed by atoms with E-state index in [0.717, 1.165) is 0 Å². The molecule has 1 unspecified atom stereocenters. The minimum absolute atomic E-state index is 0.135. The topological polar surface area (TPSA) is 32.3 Å². The first-order valence-electron chi connectivity index (χ1n) is 7.79. The number of anilines is 1. The van der Waals surface area contributed by atoms with Gasteiger partial charge in [-0.05, 0) is 53.5 Å². The van der Waals surface area contributed by atoms with Crippen LogP contribution in [0.5, 0.6) is 5.75 Å². The Morgan fingerprint density at radius 3 is 2.35 bits per heavy atom. The average Bonchev–Trinajstić information content (AvgIpc) is 3.03. The van der Waals surface area contributed by atoms with E-state index in [1.54, 1.807) is 19.1 Å². The quantitative estimate of drug-likeness (QED) is 0.846. The second-order valence-electron chi connectivity index (χ2n) is 6.96. The van der Waals surface area contributed by atoms with Crippen molar-refractivity contribution in [2.75, 3.05) is 11.9 Å². The number of aryl methyl sites for hydroxylation is 1. The van der Waals surface area contributed by atoms with Crippen molar-refractivity contribution in [3.05, 3.63) is 59.2 Å². The summed E-state index contributed by atoms with van der Waals surface area (Å²) in [5, 5.41) is 12.7. The maximum atomic E-state index is 13.4. The summed E-state index contributed by atoms with van der Waals surface area (Å²) in [7, 11) is 0. The molecule has 2 aromatic rings. The van der Waals surface area contributed by atoms with Crippen molar-refractivity contribution in [3.63, 3.8) is 0 Å². The summed E-state index contributed by atoms with van der Waals surface area (Å²) in [6.45, 7) is 6.87. The molecule has 0 heterocycles. The molecule has 0 radical (unpaired) electrons. The van der Waals surface area contributed by atoms with Crippen LogP contribution in [0, 0.1) is 29.9 Å². The van der Waals surface area contributed by atoms with Gasteiger partial charge in [0.25, 0.3) is 0 Å². The SMILES string of the molecule is Cc1cc(F)c(F)cc1NC[C@@H]1C(c2ccc(O)cc2)C1(C)C. The first kappa shape index (κ1) is 15.8. The summed E-state index contributed by atoms with van der Waals surface area (Å²) in [4.78, 5) is 0. The highest BCUT2D eigenvalue weighted by Crippen LogP contribution is 2.64. The molecule has 1 aliphatic carbocycles. The van der Waals surface area contributed by atoms with E-state index >= 15 is 0 Å². The second kappa shape index (κ2) is 5.52. The lowest BCUT2D eigenvalue weighted by atomic mass is 10.0. The third-order valence-corrected chi connectivity index (χ3v) is 5.08. The zero-order valence-electron chi connectivity index (χ0n) is 13.5. The average molecular weight is 317 g/mol. The molecule has 1 aliphatic rings. The molecule has 2 nitrogen and oxygen atoms in total. The van der Waals surface area contributed by atoms with Gasteiger partial charge in [-0.15, -0.1) is 0 Å². The predicted octanol–water partition coefficient (Wildman–Crippen LogP) is 4.83. The van der Waals surface area contributed by atoms with Crippen LogP contribution in [-0.4, -0.2) is 11.7 Å². The number of halogens is 2. The largest absolute Gasteiger partial charge is 0.508 e. The van der Waals surface area contributed by atoms with Gasteiger partial charge in [0.1, 0.15) is 5.75 Å². The Labute approximate surface area is 135 Å². The van der Waals surface area contributed by atoms with Crippen LogP contribution in [0.25, 0.3) is 0 Å². The first-order valence-corrected chi connectivity index (χ1v) is 7.79. The third kappa shape index (κ3) is 2.90. The van der Waals surface area contributed by atoms with Crippen LogP contribution in [0.3, 0.4) is 0 Å². The van der Waals surface area contributed by atoms with E-state index in [4.69, 9.17) is 0 Å². The van der Waals surface area contributed by atoms with Crippen LogP contribution in [-0.2, 0) is 0 Å². The Morgan fingerprint density at radius 1 is 1.09 bits per heavy atom. The van der Waals surface area contributed by atoms with Crippen LogP contribution >= 0.6 is 0 Å². The van der Waals surface area contributed by atoms with Gasteiger partial charge in [0.05, 0.1) is 0 Å². The van der Waals surface area contributed by atoms with Crippen molar-refractivity contribution in [2.24, 2.45) is 11.3 Å². The minimum Gasteiger partial charge on any atom is -0.508 e. The summed E-state index contributed by atoms with van der Waals surface area (Å²) in [6.07, 6.45) is 0. The Balaban J connectivity index is 1.71. The van der Waals surface area contributed by atoms with Crippen molar-refractivity contribution in [1.82, 2.24) is 0 Å². The van der Waals surface area contributed by atoms with Crippen LogP contribution in [0.1, 0.15) is 30.9 Å². The number of rotatable bonds is 4. The molecule has 3 rings (SSSR count). The van der Waals surface area contributed by atoms with Gasteiger partial charge in [-0.25, -0.2) is 8.78 Å². The second-order valence-corrected chi connectivity index (χ2v) is 6.96. The van der Waals surface area contributed by atoms with Crippen molar-refractivity contribution < 1.29 is 13.9 Å². The smallest absolute Gasteiger partial charge is 0.160 e. The van der Waals surface area contributed by atoms with Crippen molar-refractivity contribution in [3.8, 4) is 5.75 Å². The van der Waals surface area contributed by atoms with E-state index in [1.165, 1.54) is 17.7 Å². The number of hydrogen-bond acceptors (Lipinski definition) is 2. The lowest BCUT2D eigenvalue weighted by Crippen LogP contribution is -2.09. The maximum Gasteiger partial charge on any atom is 0.160 e. The molecule has 0 aromatic heterocycles. The molecular formula is C19H21F2NO. The molecule has 122 valence electrons. The predicted molar refractivity (Wildman–Crippen MR) is 87.7 cm³/mol. The molecule has 1 fully saturated rings. The summed E-state index contributed by atoms with van der Waals surface area (Å²) < 4.78 is 26.6. The van der Waals surface area contributed by atoms with E-state index in [9.17, 15) is 13.9 Å². The van der Waals surface area contributed by atoms with Crippen molar-refractivity contribution in [2.45, 2.75) is 26.7 Å². The van der Waals surface area contributed by atoms with E-state index in [0.29, 0.717) is 29.6 Å². The minimum atomic E-state index is -0.830. The van der Waals surface area contributed by atoms with Crippen molar-refractivity contribution in [1.29, 1.82) is 0 Å². The molecule has 2 atom stereocenters. The first-order chi connectivity index (χ1) is 10.8. The van der Waals surface area contributed by atoms with Gasteiger partial charge in [0.2, 0.25) is 0 Å². The normalized spacial score (nSPS) is 22.0. The monoisotopic (exact) mass is 317 g/mol. The highest BCUT2D eigenvalue weighted by atomic mass is 19.2. The van der Waals surface area contributed by atoms with Gasteiger partial charge in [-0.1, -0.05) is 26.0 Å². The van der Waals surface area contributed by atoms with E-state index in [-0.39, 0.29) is 11.2 Å². The lowest BCUT2D eigenvalue weighted by Gasteiger charge is -2.11. The van der Waals surface area contributed by atoms with Crippen LogP contribution in [0.4, 0.5) is 14.5 Å². The molecule has 2 N–H and O–H groups in total. The fourth-order valence-electron chi connectivity index (χ4n) is 3.53. The number of benzene rings is 2. The maximum absolute atomic E-state index is 13.4. The van der Waals surface area contributed by atoms with Crippen LogP contribution in [0.15, 0.2) is 36.4 Å². The molecule has 23 heavy (non-hydrogen) atoms. The van der Waals surface area contributed by atoms with E-state index in [1.807, 2.05) is 12.1 Å². The molecule has 0 aliphatic heterocycles. The lowest BCUT2D eigenvalue weighted by molar-refractivity contribution is 0.475. The summed E-state index contributed by atoms with van der Waals surface area (Å²) in [5.41, 5.74) is 2.66. The molecular weight excluding hydrogens is 296 g/mol. The van der Waals surface area contributed by atoms with E-state index in [2.05, 4.69) is 19.2 Å². The summed E-state index contributed by atoms with van der Waals surface area (Å²) in [5.74, 6) is -0.593. The number of nitrogens with one attached hydrogen (secondary N) is 1. The van der Waals surface area contributed by atoms with Gasteiger partial charge in [0.15, 0.2) is 11.6 Å². The standard InChI is InChI=1S/C19H21F2NO/c1-11-8-15(20)16(21)9-17(11)22-10-14-18(19(14,2)3)12-4-6-13(23)7-5-12/h4-9,14,18,22-23H,10H2,1-3H3/t14-,18?/m1/s1. The molecule has 1 saturated carbocycles. The Bertz CT molecular complexity index is 725. The van der Waals surface area contributed by atoms with Crippen molar-refractivity contribution >= 4 is 5.69 Å². The Morgan fingerprint density at radius 2 is 1.70 bits per heavy atom. The zero-order chi connectivity index (χ0) is 16.8. The Hall–Kier alpha value is -2.10. The number of phenols is 1. The highest BCUT2D eigenvalue weighted by Gasteiger charge is 2.57. The summed E-state index contributed by atoms with van der Waals surface area (Å²) >= 11 is 0. The molecule has 0 amide bonds. The Kier molecular flexibility index (Phi) is 3.78. The fourth-order valence-corrected chi connectivity index (χ4v) is 3.53. The van der Waals surface area contributed by atoms with Gasteiger partial charge >= 0.3 is 0 Å². The van der Waals surface area contributed by atoms with Crippen LogP contribution in [0.2, 0.25) is 0 Å². The number of hydrogen-bond donors (Lipinski definition) is 2. The molecule has 0 saturated heterocycles. The molecule has 0 spiro atoms. The van der Waals surface area contributed by atoms with Gasteiger partial charge < -0.3 is 10.4 Å². The van der Waals surface area contributed by atoms with Gasteiger partial charge in [-0.3, -0.25) is 0 Å². The van der Waals surface area contributed by atoms with Crippen LogP contribution < -0.4 is 5.32 Å². The highest BCUT2D eigenvalue weighted by molar-refractivity contribution is 5.51. The fraction of sp³-hybridized carbons (Fsp3) is 0.368. The summed E-state index contributed by atoms with van der Waals surface area (Å²) in [6, 6.07) is 9.74. The van der Waals surface area contributed by atoms with Gasteiger partial charge in [-0.2, -0.15) is 0 Å². The zero-order valence-corrected chi connectivity index (χ0v) is 13.5. The number of aromatic hydroxyl groups is 1. The van der Waals surface area contributed by atoms with E-state index < -0.39 is 11.6 Å². The third-order valence-electron chi connectivity index (χ3n) is 5.08. The molecule has 0 bridgehead atoms. The number of phenolic OH excluding ortho intramolecular Hbond substituents is 1. The van der Waals surface area contributed by atoms with Gasteiger partial charge in [0, 0.05) is 18.3 Å². The molecule has 2 aromatic carbocycles.